The van der Waals surface area contributed by atoms with Gasteiger partial charge in [-0.15, -0.1) is 0 Å². The fourth-order valence-electron chi connectivity index (χ4n) is 5.26. The molecular weight excluding hydrogens is 637 g/mol. The van der Waals surface area contributed by atoms with Crippen LogP contribution in [0.3, 0.4) is 0 Å². The average Bonchev–Trinajstić information content (AvgIpc) is 3.79. The first kappa shape index (κ1) is 29.8. The molecule has 0 spiro atoms. The number of para-hydroxylation sites is 1. The van der Waals surface area contributed by atoms with E-state index in [1.807, 2.05) is 53.4 Å². The van der Waals surface area contributed by atoms with Crippen molar-refractivity contribution in [3.05, 3.63) is 94.0 Å². The van der Waals surface area contributed by atoms with Gasteiger partial charge >= 0.3 is 5.97 Å². The molecule has 0 saturated heterocycles. The highest BCUT2D eigenvalue weighted by Crippen LogP contribution is 2.33. The molecule has 234 valence electrons. The minimum atomic E-state index is -1.17. The van der Waals surface area contributed by atoms with Crippen LogP contribution < -0.4 is 26.4 Å². The number of nitrogen functional groups attached to an aromatic ring is 2. The van der Waals surface area contributed by atoms with Crippen LogP contribution in [-0.2, 0) is 13.0 Å². The van der Waals surface area contributed by atoms with E-state index < -0.39 is 5.97 Å². The molecule has 14 heteroatoms. The molecule has 3 aromatic heterocycles. The van der Waals surface area contributed by atoms with Crippen molar-refractivity contribution < 1.29 is 19.4 Å². The first-order valence-electron chi connectivity index (χ1n) is 14.4. The molecule has 4 heterocycles. The number of H-pyrrole nitrogens is 1. The zero-order valence-corrected chi connectivity index (χ0v) is 26.2. The molecule has 3 aromatic carbocycles. The second-order valence-corrected chi connectivity index (χ2v) is 12.6. The molecule has 0 fully saturated rings. The van der Waals surface area contributed by atoms with Gasteiger partial charge in [0.05, 0.1) is 15.9 Å². The highest BCUT2D eigenvalue weighted by molar-refractivity contribution is 7.22. The molecule has 12 nitrogen and oxygen atoms in total. The second-order valence-electron chi connectivity index (χ2n) is 10.5. The van der Waals surface area contributed by atoms with Crippen molar-refractivity contribution in [1.82, 2.24) is 20.2 Å². The Balaban J connectivity index is 1.05. The molecule has 0 radical (unpaired) electrons. The molecule has 0 bridgehead atoms. The maximum absolute atomic E-state index is 13.4. The van der Waals surface area contributed by atoms with Gasteiger partial charge in [-0.3, -0.25) is 15.2 Å². The molecule has 0 atom stereocenters. The lowest BCUT2D eigenvalue weighted by Crippen LogP contribution is -2.32. The molecule has 0 saturated carbocycles. The van der Waals surface area contributed by atoms with Crippen LogP contribution in [0.4, 0.5) is 21.8 Å². The van der Waals surface area contributed by atoms with E-state index in [0.29, 0.717) is 57.3 Å². The minimum Gasteiger partial charge on any atom is -0.481 e. The van der Waals surface area contributed by atoms with Gasteiger partial charge in [-0.25, -0.2) is 14.8 Å². The maximum Gasteiger partial charge on any atom is 0.356 e. The quantitative estimate of drug-likeness (QED) is 0.141. The van der Waals surface area contributed by atoms with E-state index in [-0.39, 0.29) is 24.0 Å². The Morgan fingerprint density at radius 3 is 2.64 bits per heavy atom. The number of nitrogens with two attached hydrogens (primary N) is 2. The van der Waals surface area contributed by atoms with E-state index in [1.165, 1.54) is 22.7 Å². The molecule has 1 aliphatic rings. The molecule has 47 heavy (non-hydrogen) atoms. The lowest BCUT2D eigenvalue weighted by Gasteiger charge is -2.29. The summed E-state index contributed by atoms with van der Waals surface area (Å²) in [5, 5.41) is 20.6. The predicted molar refractivity (Wildman–Crippen MR) is 183 cm³/mol. The standard InChI is InChI=1S/C33H26N8O4S2/c34-26-27(39-40-29(26)35)19-10-12-20(13-11-19)45-16-4-9-25-28(31(43)44)37-33(47-25)41-15-14-18-5-3-6-21(22(18)17-41)30(42)38-32-36-23-7-1-2-8-24(23)46-32/h1-3,5-8,10-13H,14-17,34H2,(H,43,44)(H3,35,39,40)(H,36,38,42). The van der Waals surface area contributed by atoms with Gasteiger partial charge in [0.25, 0.3) is 5.91 Å². The Bertz CT molecular complexity index is 2180. The highest BCUT2D eigenvalue weighted by atomic mass is 32.1. The number of nitrogens with one attached hydrogen (secondary N) is 2. The Morgan fingerprint density at radius 1 is 1.04 bits per heavy atom. The number of aromatic amines is 1. The van der Waals surface area contributed by atoms with E-state index in [1.54, 1.807) is 18.2 Å². The smallest absolute Gasteiger partial charge is 0.356 e. The fourth-order valence-corrected chi connectivity index (χ4v) is 7.08. The topological polar surface area (TPSA) is 185 Å². The lowest BCUT2D eigenvalue weighted by atomic mass is 9.94. The number of carboxylic acids is 1. The van der Waals surface area contributed by atoms with Gasteiger partial charge in [0.1, 0.15) is 22.9 Å². The molecule has 0 unspecified atom stereocenters. The van der Waals surface area contributed by atoms with Gasteiger partial charge < -0.3 is 26.2 Å². The van der Waals surface area contributed by atoms with Gasteiger partial charge in [0.15, 0.2) is 21.8 Å². The van der Waals surface area contributed by atoms with Gasteiger partial charge in [0.2, 0.25) is 0 Å². The van der Waals surface area contributed by atoms with Crippen LogP contribution in [0.15, 0.2) is 66.7 Å². The molecule has 6 aromatic rings. The van der Waals surface area contributed by atoms with Crippen LogP contribution in [0, 0.1) is 11.8 Å². The van der Waals surface area contributed by atoms with Gasteiger partial charge in [0, 0.05) is 24.2 Å². The molecule has 1 amide bonds. The summed E-state index contributed by atoms with van der Waals surface area (Å²) >= 11 is 2.62. The molecule has 7 N–H and O–H groups in total. The van der Waals surface area contributed by atoms with Crippen molar-refractivity contribution in [2.45, 2.75) is 13.0 Å². The molecule has 1 aliphatic heterocycles. The average molecular weight is 663 g/mol. The number of aromatic nitrogens is 4. The van der Waals surface area contributed by atoms with Crippen LogP contribution in [0.2, 0.25) is 0 Å². The summed E-state index contributed by atoms with van der Waals surface area (Å²) in [5.74, 6) is 5.22. The number of anilines is 4. The molecular formula is C33H26N8O4S2. The highest BCUT2D eigenvalue weighted by Gasteiger charge is 2.26. The van der Waals surface area contributed by atoms with Crippen molar-refractivity contribution in [2.24, 2.45) is 0 Å². The van der Waals surface area contributed by atoms with Crippen LogP contribution in [0.5, 0.6) is 5.75 Å². The maximum atomic E-state index is 13.4. The third-order valence-corrected chi connectivity index (χ3v) is 9.59. The van der Waals surface area contributed by atoms with Crippen LogP contribution in [0.1, 0.15) is 36.9 Å². The Hall–Kier alpha value is -5.91. The molecule has 7 rings (SSSR count). The fraction of sp³-hybridized carbons (Fsp3) is 0.121. The van der Waals surface area contributed by atoms with Crippen LogP contribution in [0.25, 0.3) is 21.5 Å². The van der Waals surface area contributed by atoms with Crippen molar-refractivity contribution in [3.8, 4) is 28.8 Å². The summed E-state index contributed by atoms with van der Waals surface area (Å²) in [4.78, 5) is 36.7. The number of thiazole rings is 2. The van der Waals surface area contributed by atoms with Gasteiger partial charge in [-0.2, -0.15) is 5.10 Å². The van der Waals surface area contributed by atoms with Crippen LogP contribution >= 0.6 is 22.7 Å². The number of amides is 1. The van der Waals surface area contributed by atoms with Gasteiger partial charge in [-0.05, 0) is 65.9 Å². The van der Waals surface area contributed by atoms with E-state index in [0.717, 1.165) is 26.9 Å². The van der Waals surface area contributed by atoms with Crippen molar-refractivity contribution >= 4 is 66.5 Å². The summed E-state index contributed by atoms with van der Waals surface area (Å²) in [6.07, 6.45) is 0.674. The summed E-state index contributed by atoms with van der Waals surface area (Å²) in [5.41, 5.74) is 16.7. The number of ether oxygens (including phenoxy) is 1. The zero-order chi connectivity index (χ0) is 32.5. The first-order valence-corrected chi connectivity index (χ1v) is 16.1. The number of aromatic carboxylic acids is 1. The van der Waals surface area contributed by atoms with Crippen molar-refractivity contribution in [3.63, 3.8) is 0 Å². The monoisotopic (exact) mass is 662 g/mol. The SMILES string of the molecule is Nc1n[nH]c(-c2ccc(OCC#Cc3sc(N4CCc5cccc(C(=O)Nc6nc7ccccc7s6)c5C4)nc3C(=O)O)cc2)c1N. The van der Waals surface area contributed by atoms with Gasteiger partial charge in [-0.1, -0.05) is 52.9 Å². The third kappa shape index (κ3) is 6.05. The number of hydrogen-bond donors (Lipinski definition) is 5. The van der Waals surface area contributed by atoms with E-state index in [4.69, 9.17) is 16.2 Å². The number of carbonyl (C=O) groups excluding carboxylic acids is 1. The second kappa shape index (κ2) is 12.5. The predicted octanol–water partition coefficient (Wildman–Crippen LogP) is 5.25. The number of carboxylic acid groups (broad SMARTS) is 1. The third-order valence-electron chi connectivity index (χ3n) is 7.61. The first-order chi connectivity index (χ1) is 22.8. The normalized spacial score (nSPS) is 12.3. The number of carbonyl (C=O) groups is 2. The summed E-state index contributed by atoms with van der Waals surface area (Å²) in [6, 6.07) is 20.6. The largest absolute Gasteiger partial charge is 0.481 e. The summed E-state index contributed by atoms with van der Waals surface area (Å²) in [6.45, 7) is 1.05. The van der Waals surface area contributed by atoms with E-state index >= 15 is 0 Å². The number of rotatable bonds is 7. The Morgan fingerprint density at radius 2 is 1.87 bits per heavy atom. The van der Waals surface area contributed by atoms with E-state index in [9.17, 15) is 14.7 Å². The number of hydrogen-bond acceptors (Lipinski definition) is 11. The summed E-state index contributed by atoms with van der Waals surface area (Å²) in [7, 11) is 0. The number of nitrogens with zero attached hydrogens (tertiary/aromatic N) is 4. The lowest BCUT2D eigenvalue weighted by molar-refractivity contribution is 0.0691. The summed E-state index contributed by atoms with van der Waals surface area (Å²) < 4.78 is 6.73. The van der Waals surface area contributed by atoms with Crippen molar-refractivity contribution in [2.75, 3.05) is 34.8 Å². The van der Waals surface area contributed by atoms with Crippen molar-refractivity contribution in [1.29, 1.82) is 0 Å². The Labute approximate surface area is 276 Å². The van der Waals surface area contributed by atoms with Crippen LogP contribution in [-0.4, -0.2) is 50.3 Å². The van der Waals surface area contributed by atoms with E-state index in [2.05, 4.69) is 37.3 Å². The number of benzene rings is 3. The Kier molecular flexibility index (Phi) is 7.90. The molecule has 0 aliphatic carbocycles. The number of fused-ring (bicyclic) bond motifs is 2. The minimum absolute atomic E-state index is 0.0367. The zero-order valence-electron chi connectivity index (χ0n) is 24.6.